The van der Waals surface area contributed by atoms with Crippen molar-refractivity contribution in [2.24, 2.45) is 10.8 Å². The molecule has 0 amide bonds. The highest BCUT2D eigenvalue weighted by Crippen LogP contribution is 2.64. The van der Waals surface area contributed by atoms with E-state index in [1.165, 1.54) is 0 Å². The quantitative estimate of drug-likeness (QED) is 0.770. The van der Waals surface area contributed by atoms with Crippen LogP contribution in [-0.2, 0) is 9.53 Å². The number of carbonyl (C=O) groups is 1. The largest absolute Gasteiger partial charge is 0.460 e. The van der Waals surface area contributed by atoms with Crippen molar-refractivity contribution in [3.05, 3.63) is 22.8 Å². The van der Waals surface area contributed by atoms with E-state index in [0.29, 0.717) is 5.57 Å². The molecule has 2 rings (SSSR count). The molecule has 0 radical (unpaired) electrons. The van der Waals surface area contributed by atoms with Gasteiger partial charge in [0.2, 0.25) is 0 Å². The lowest BCUT2D eigenvalue weighted by atomic mass is 9.66. The fraction of sp³-hybridized carbons (Fsp3) is 0.722. The fourth-order valence-electron chi connectivity index (χ4n) is 3.50. The number of ether oxygens (including phenoxy) is 1. The first-order valence-electron chi connectivity index (χ1n) is 7.93. The summed E-state index contributed by atoms with van der Waals surface area (Å²) in [4.78, 5) is 12.0. The van der Waals surface area contributed by atoms with Gasteiger partial charge in [-0.1, -0.05) is 11.6 Å². The average Bonchev–Trinajstić information content (AvgIpc) is 3.21. The van der Waals surface area contributed by atoms with Gasteiger partial charge in [-0.3, -0.25) is 4.79 Å². The van der Waals surface area contributed by atoms with Gasteiger partial charge < -0.3 is 14.9 Å². The molecule has 0 aromatic heterocycles. The van der Waals surface area contributed by atoms with Crippen molar-refractivity contribution in [3.8, 4) is 0 Å². The Bertz CT molecular complexity index is 542. The van der Waals surface area contributed by atoms with E-state index < -0.39 is 17.1 Å². The van der Waals surface area contributed by atoms with Gasteiger partial charge in [-0.25, -0.2) is 0 Å². The zero-order valence-corrected chi connectivity index (χ0v) is 14.5. The lowest BCUT2D eigenvalue weighted by Crippen LogP contribution is -2.52. The van der Waals surface area contributed by atoms with Crippen LogP contribution in [0.1, 0.15) is 54.4 Å². The third kappa shape index (κ3) is 2.42. The molecule has 1 saturated carbocycles. The van der Waals surface area contributed by atoms with Crippen molar-refractivity contribution in [1.82, 2.24) is 0 Å². The fourth-order valence-corrected chi connectivity index (χ4v) is 3.50. The number of rotatable bonds is 2. The third-order valence-electron chi connectivity index (χ3n) is 5.34. The van der Waals surface area contributed by atoms with Crippen LogP contribution in [0, 0.1) is 10.8 Å². The van der Waals surface area contributed by atoms with Crippen LogP contribution in [0.15, 0.2) is 22.8 Å². The third-order valence-corrected chi connectivity index (χ3v) is 5.34. The lowest BCUT2D eigenvalue weighted by Gasteiger charge is -2.45. The second-order valence-electron chi connectivity index (χ2n) is 7.81. The van der Waals surface area contributed by atoms with Gasteiger partial charge in [-0.05, 0) is 65.5 Å². The van der Waals surface area contributed by atoms with Crippen molar-refractivity contribution in [3.63, 3.8) is 0 Å². The Morgan fingerprint density at radius 2 is 1.95 bits per heavy atom. The molecule has 2 N–H and O–H groups in total. The van der Waals surface area contributed by atoms with Gasteiger partial charge in [0.25, 0.3) is 0 Å². The van der Waals surface area contributed by atoms with Crippen LogP contribution >= 0.6 is 0 Å². The number of hydrogen-bond donors (Lipinski definition) is 2. The number of esters is 1. The van der Waals surface area contributed by atoms with Gasteiger partial charge in [-0.15, -0.1) is 0 Å². The van der Waals surface area contributed by atoms with E-state index >= 15 is 0 Å². The first-order valence-corrected chi connectivity index (χ1v) is 7.93. The smallest absolute Gasteiger partial charge is 0.311 e. The SMILES string of the molecule is C/C=C1/C(COC(=O)C(C)(C)C)=C(C)C2(CC2)C(C)(O)C1O. The molecule has 2 atom stereocenters. The molecule has 0 aromatic carbocycles. The maximum Gasteiger partial charge on any atom is 0.311 e. The molecule has 4 nitrogen and oxygen atoms in total. The van der Waals surface area contributed by atoms with Crippen LogP contribution in [0.5, 0.6) is 0 Å². The zero-order chi connectivity index (χ0) is 16.9. The topological polar surface area (TPSA) is 66.8 Å². The number of aliphatic hydroxyl groups is 2. The highest BCUT2D eigenvalue weighted by atomic mass is 16.5. The molecular formula is C18H28O4. The van der Waals surface area contributed by atoms with Gasteiger partial charge >= 0.3 is 5.97 Å². The average molecular weight is 308 g/mol. The van der Waals surface area contributed by atoms with E-state index in [-0.39, 0.29) is 18.0 Å². The van der Waals surface area contributed by atoms with Crippen LogP contribution in [-0.4, -0.2) is 34.5 Å². The molecular weight excluding hydrogens is 280 g/mol. The number of allylic oxidation sites excluding steroid dienone is 1. The zero-order valence-electron chi connectivity index (χ0n) is 14.5. The van der Waals surface area contributed by atoms with Gasteiger partial charge in [0, 0.05) is 5.41 Å². The van der Waals surface area contributed by atoms with Gasteiger partial charge in [0.15, 0.2) is 0 Å². The van der Waals surface area contributed by atoms with Gasteiger partial charge in [0.05, 0.1) is 5.41 Å². The van der Waals surface area contributed by atoms with Crippen molar-refractivity contribution in [1.29, 1.82) is 0 Å². The Morgan fingerprint density at radius 3 is 2.36 bits per heavy atom. The predicted octanol–water partition coefficient (Wildman–Crippen LogP) is 2.74. The van der Waals surface area contributed by atoms with Crippen LogP contribution < -0.4 is 0 Å². The second kappa shape index (κ2) is 5.20. The first kappa shape index (κ1) is 17.2. The Balaban J connectivity index is 2.34. The molecule has 2 unspecified atom stereocenters. The Morgan fingerprint density at radius 1 is 1.41 bits per heavy atom. The van der Waals surface area contributed by atoms with Gasteiger partial charge in [0.1, 0.15) is 18.3 Å². The van der Waals surface area contributed by atoms with Crippen LogP contribution in [0.25, 0.3) is 0 Å². The Kier molecular flexibility index (Phi) is 4.08. The van der Waals surface area contributed by atoms with Crippen LogP contribution in [0.2, 0.25) is 0 Å². The second-order valence-corrected chi connectivity index (χ2v) is 7.81. The Hall–Kier alpha value is -1.13. The standard InChI is InChI=1S/C18H28O4/c1-7-12-13(10-22-15(20)16(3,4)5)11(2)18(8-9-18)17(6,21)14(12)19/h7,14,19,21H,8-10H2,1-6H3/b12-7-. The normalized spacial score (nSPS) is 32.5. The van der Waals surface area contributed by atoms with E-state index in [9.17, 15) is 15.0 Å². The summed E-state index contributed by atoms with van der Waals surface area (Å²) >= 11 is 0. The van der Waals surface area contributed by atoms with Crippen molar-refractivity contribution < 1.29 is 19.7 Å². The van der Waals surface area contributed by atoms with E-state index in [1.807, 2.05) is 34.6 Å². The first-order chi connectivity index (χ1) is 9.99. The summed E-state index contributed by atoms with van der Waals surface area (Å²) in [5, 5.41) is 21.4. The molecule has 0 aromatic rings. The van der Waals surface area contributed by atoms with E-state index in [1.54, 1.807) is 13.0 Å². The monoisotopic (exact) mass is 308 g/mol. The Labute approximate surface area is 132 Å². The van der Waals surface area contributed by atoms with Gasteiger partial charge in [-0.2, -0.15) is 0 Å². The maximum atomic E-state index is 12.0. The molecule has 4 heteroatoms. The summed E-state index contributed by atoms with van der Waals surface area (Å²) in [6, 6.07) is 0. The molecule has 2 aliphatic carbocycles. The molecule has 0 heterocycles. The summed E-state index contributed by atoms with van der Waals surface area (Å²) in [6.45, 7) is 11.1. The molecule has 0 aliphatic heterocycles. The minimum atomic E-state index is -1.17. The maximum absolute atomic E-state index is 12.0. The predicted molar refractivity (Wildman–Crippen MR) is 85.2 cm³/mol. The van der Waals surface area contributed by atoms with E-state index in [4.69, 9.17) is 4.74 Å². The number of aliphatic hydroxyl groups excluding tert-OH is 1. The lowest BCUT2D eigenvalue weighted by molar-refractivity contribution is -0.152. The molecule has 1 fully saturated rings. The number of carbonyl (C=O) groups excluding carboxylic acids is 1. The summed E-state index contributed by atoms with van der Waals surface area (Å²) in [6.07, 6.45) is 2.57. The highest BCUT2D eigenvalue weighted by Gasteiger charge is 2.63. The molecule has 0 saturated heterocycles. The molecule has 0 bridgehead atoms. The molecule has 124 valence electrons. The van der Waals surface area contributed by atoms with Crippen molar-refractivity contribution in [2.45, 2.75) is 66.1 Å². The van der Waals surface area contributed by atoms with E-state index in [0.717, 1.165) is 24.0 Å². The summed E-state index contributed by atoms with van der Waals surface area (Å²) in [5.74, 6) is -0.264. The number of hydrogen-bond acceptors (Lipinski definition) is 4. The van der Waals surface area contributed by atoms with Crippen molar-refractivity contribution in [2.75, 3.05) is 6.61 Å². The molecule has 1 spiro atoms. The highest BCUT2D eigenvalue weighted by molar-refractivity contribution is 5.75. The minimum absolute atomic E-state index is 0.149. The summed E-state index contributed by atoms with van der Waals surface area (Å²) < 4.78 is 5.46. The minimum Gasteiger partial charge on any atom is -0.460 e. The molecule has 22 heavy (non-hydrogen) atoms. The van der Waals surface area contributed by atoms with E-state index in [2.05, 4.69) is 0 Å². The van der Waals surface area contributed by atoms with Crippen LogP contribution in [0.3, 0.4) is 0 Å². The molecule has 2 aliphatic rings. The van der Waals surface area contributed by atoms with Crippen molar-refractivity contribution >= 4 is 5.97 Å². The summed E-state index contributed by atoms with van der Waals surface area (Å²) in [7, 11) is 0. The summed E-state index contributed by atoms with van der Waals surface area (Å²) in [5.41, 5.74) is 0.468. The van der Waals surface area contributed by atoms with Crippen LogP contribution in [0.4, 0.5) is 0 Å².